The summed E-state index contributed by atoms with van der Waals surface area (Å²) in [5.74, 6) is 0.768. The Labute approximate surface area is 125 Å². The fraction of sp³-hybridized carbons (Fsp3) is 0.0714. The van der Waals surface area contributed by atoms with Crippen molar-refractivity contribution in [1.29, 1.82) is 0 Å². The number of anilines is 1. The third kappa shape index (κ3) is 3.98. The van der Waals surface area contributed by atoms with Gasteiger partial charge in [0.2, 0.25) is 0 Å². The standard InChI is InChI=1S/C14H12BrClN2O/c1-19-14-7-2-11(15)8-10(14)9-17-18-13-5-3-12(16)4-6-13/h2-9,18H,1H3. The summed E-state index contributed by atoms with van der Waals surface area (Å²) >= 11 is 9.23. The summed E-state index contributed by atoms with van der Waals surface area (Å²) in [5, 5.41) is 4.87. The molecule has 0 radical (unpaired) electrons. The molecular weight excluding hydrogens is 328 g/mol. The Hall–Kier alpha value is -1.52. The zero-order valence-electron chi connectivity index (χ0n) is 10.2. The number of hydrazone groups is 1. The molecule has 0 saturated carbocycles. The summed E-state index contributed by atoms with van der Waals surface area (Å²) in [6.07, 6.45) is 1.71. The summed E-state index contributed by atoms with van der Waals surface area (Å²) in [7, 11) is 1.63. The molecule has 98 valence electrons. The molecule has 2 rings (SSSR count). The van der Waals surface area contributed by atoms with Crippen LogP contribution in [-0.2, 0) is 0 Å². The second kappa shape index (κ2) is 6.59. The molecule has 0 atom stereocenters. The first-order valence-corrected chi connectivity index (χ1v) is 6.74. The van der Waals surface area contributed by atoms with E-state index >= 15 is 0 Å². The maximum Gasteiger partial charge on any atom is 0.127 e. The third-order valence-corrected chi connectivity index (χ3v) is 3.18. The van der Waals surface area contributed by atoms with E-state index in [9.17, 15) is 0 Å². The first-order chi connectivity index (χ1) is 9.19. The van der Waals surface area contributed by atoms with Gasteiger partial charge in [0.25, 0.3) is 0 Å². The SMILES string of the molecule is COc1ccc(Br)cc1C=NNc1ccc(Cl)cc1. The summed E-state index contributed by atoms with van der Waals surface area (Å²) < 4.78 is 6.23. The lowest BCUT2D eigenvalue weighted by molar-refractivity contribution is 0.414. The van der Waals surface area contributed by atoms with Crippen LogP contribution in [0.1, 0.15) is 5.56 Å². The normalized spacial score (nSPS) is 10.7. The molecule has 5 heteroatoms. The van der Waals surface area contributed by atoms with Gasteiger partial charge in [0.05, 0.1) is 19.0 Å². The lowest BCUT2D eigenvalue weighted by Gasteiger charge is -2.05. The number of methoxy groups -OCH3 is 1. The predicted molar refractivity (Wildman–Crippen MR) is 83.4 cm³/mol. The van der Waals surface area contributed by atoms with E-state index in [1.807, 2.05) is 30.3 Å². The van der Waals surface area contributed by atoms with E-state index in [4.69, 9.17) is 16.3 Å². The second-order valence-corrected chi connectivity index (χ2v) is 5.12. The van der Waals surface area contributed by atoms with Crippen LogP contribution in [-0.4, -0.2) is 13.3 Å². The van der Waals surface area contributed by atoms with Gasteiger partial charge in [-0.3, -0.25) is 5.43 Å². The molecule has 0 aromatic heterocycles. The first-order valence-electron chi connectivity index (χ1n) is 5.57. The molecule has 1 N–H and O–H groups in total. The minimum Gasteiger partial charge on any atom is -0.496 e. The van der Waals surface area contributed by atoms with Gasteiger partial charge in [-0.2, -0.15) is 5.10 Å². The van der Waals surface area contributed by atoms with Gasteiger partial charge in [-0.05, 0) is 42.5 Å². The van der Waals surface area contributed by atoms with E-state index in [1.165, 1.54) is 0 Å². The van der Waals surface area contributed by atoms with Crippen LogP contribution in [0, 0.1) is 0 Å². The maximum absolute atomic E-state index is 5.81. The molecule has 0 heterocycles. The summed E-state index contributed by atoms with van der Waals surface area (Å²) in [5.41, 5.74) is 4.69. The van der Waals surface area contributed by atoms with Crippen LogP contribution in [0.25, 0.3) is 0 Å². The van der Waals surface area contributed by atoms with Crippen LogP contribution < -0.4 is 10.2 Å². The van der Waals surface area contributed by atoms with Crippen LogP contribution in [0.3, 0.4) is 0 Å². The lowest BCUT2D eigenvalue weighted by atomic mass is 10.2. The molecular formula is C14H12BrClN2O. The van der Waals surface area contributed by atoms with E-state index in [-0.39, 0.29) is 0 Å². The van der Waals surface area contributed by atoms with Gasteiger partial charge >= 0.3 is 0 Å². The van der Waals surface area contributed by atoms with Crippen molar-refractivity contribution in [2.45, 2.75) is 0 Å². The second-order valence-electron chi connectivity index (χ2n) is 3.76. The van der Waals surface area contributed by atoms with Gasteiger partial charge < -0.3 is 4.74 Å². The van der Waals surface area contributed by atoms with E-state index in [2.05, 4.69) is 26.5 Å². The van der Waals surface area contributed by atoms with Crippen molar-refractivity contribution in [3.63, 3.8) is 0 Å². The van der Waals surface area contributed by atoms with Gasteiger partial charge in [-0.25, -0.2) is 0 Å². The number of ether oxygens (including phenoxy) is 1. The maximum atomic E-state index is 5.81. The first kappa shape index (κ1) is 13.9. The molecule has 0 aliphatic rings. The number of rotatable bonds is 4. The minimum atomic E-state index is 0.697. The molecule has 0 fully saturated rings. The van der Waals surface area contributed by atoms with Crippen LogP contribution in [0.2, 0.25) is 5.02 Å². The largest absolute Gasteiger partial charge is 0.496 e. The Morgan fingerprint density at radius 1 is 1.21 bits per heavy atom. The Bertz CT molecular complexity index is 584. The average molecular weight is 340 g/mol. The number of nitrogens with one attached hydrogen (secondary N) is 1. The zero-order valence-corrected chi connectivity index (χ0v) is 12.6. The average Bonchev–Trinajstić information content (AvgIpc) is 2.41. The molecule has 0 bridgehead atoms. The highest BCUT2D eigenvalue weighted by molar-refractivity contribution is 9.10. The van der Waals surface area contributed by atoms with E-state index in [0.717, 1.165) is 21.5 Å². The smallest absolute Gasteiger partial charge is 0.127 e. The minimum absolute atomic E-state index is 0.697. The highest BCUT2D eigenvalue weighted by atomic mass is 79.9. The quantitative estimate of drug-likeness (QED) is 0.654. The molecule has 0 amide bonds. The molecule has 0 saturated heterocycles. The molecule has 0 spiro atoms. The number of halogens is 2. The van der Waals surface area contributed by atoms with Crippen molar-refractivity contribution in [3.8, 4) is 5.75 Å². The Balaban J connectivity index is 2.10. The zero-order chi connectivity index (χ0) is 13.7. The molecule has 0 unspecified atom stereocenters. The number of nitrogens with zero attached hydrogens (tertiary/aromatic N) is 1. The van der Waals surface area contributed by atoms with Crippen LogP contribution >= 0.6 is 27.5 Å². The highest BCUT2D eigenvalue weighted by Gasteiger charge is 2.00. The molecule has 2 aromatic rings. The van der Waals surface area contributed by atoms with Crippen LogP contribution in [0.5, 0.6) is 5.75 Å². The summed E-state index contributed by atoms with van der Waals surface area (Å²) in [6, 6.07) is 13.1. The molecule has 2 aromatic carbocycles. The van der Waals surface area contributed by atoms with Crippen LogP contribution in [0.15, 0.2) is 52.0 Å². The van der Waals surface area contributed by atoms with Gasteiger partial charge in [-0.1, -0.05) is 27.5 Å². The van der Waals surface area contributed by atoms with E-state index < -0.39 is 0 Å². The van der Waals surface area contributed by atoms with Crippen molar-refractivity contribution in [2.75, 3.05) is 12.5 Å². The number of benzene rings is 2. The van der Waals surface area contributed by atoms with Gasteiger partial charge in [0, 0.05) is 15.1 Å². The molecule has 19 heavy (non-hydrogen) atoms. The van der Waals surface area contributed by atoms with E-state index in [1.54, 1.807) is 25.5 Å². The predicted octanol–water partition coefficient (Wildman–Crippen LogP) is 4.56. The number of hydrogen-bond donors (Lipinski definition) is 1. The monoisotopic (exact) mass is 338 g/mol. The van der Waals surface area contributed by atoms with Gasteiger partial charge in [-0.15, -0.1) is 0 Å². The topological polar surface area (TPSA) is 33.6 Å². The number of hydrogen-bond acceptors (Lipinski definition) is 3. The van der Waals surface area contributed by atoms with Crippen molar-refractivity contribution >= 4 is 39.4 Å². The van der Waals surface area contributed by atoms with E-state index in [0.29, 0.717) is 5.02 Å². The Morgan fingerprint density at radius 2 is 1.95 bits per heavy atom. The lowest BCUT2D eigenvalue weighted by Crippen LogP contribution is -1.94. The summed E-state index contributed by atoms with van der Waals surface area (Å²) in [6.45, 7) is 0. The van der Waals surface area contributed by atoms with Crippen molar-refractivity contribution < 1.29 is 4.74 Å². The Morgan fingerprint density at radius 3 is 2.63 bits per heavy atom. The van der Waals surface area contributed by atoms with Crippen molar-refractivity contribution in [1.82, 2.24) is 0 Å². The fourth-order valence-electron chi connectivity index (χ4n) is 1.51. The van der Waals surface area contributed by atoms with Gasteiger partial charge in [0.1, 0.15) is 5.75 Å². The van der Waals surface area contributed by atoms with Crippen LogP contribution in [0.4, 0.5) is 5.69 Å². The molecule has 0 aliphatic carbocycles. The molecule has 3 nitrogen and oxygen atoms in total. The fourth-order valence-corrected chi connectivity index (χ4v) is 2.01. The van der Waals surface area contributed by atoms with Crippen molar-refractivity contribution in [3.05, 3.63) is 57.5 Å². The molecule has 0 aliphatic heterocycles. The third-order valence-electron chi connectivity index (χ3n) is 2.43. The highest BCUT2D eigenvalue weighted by Crippen LogP contribution is 2.21. The van der Waals surface area contributed by atoms with Gasteiger partial charge in [0.15, 0.2) is 0 Å². The summed E-state index contributed by atoms with van der Waals surface area (Å²) in [4.78, 5) is 0. The van der Waals surface area contributed by atoms with Crippen molar-refractivity contribution in [2.24, 2.45) is 5.10 Å². The Kier molecular flexibility index (Phi) is 4.82.